The van der Waals surface area contributed by atoms with Crippen LogP contribution in [0.4, 0.5) is 0 Å². The molecule has 0 spiro atoms. The first-order chi connectivity index (χ1) is 22.8. The molecule has 8 aromatic rings. The Bertz CT molecular complexity index is 1790. The summed E-state index contributed by atoms with van der Waals surface area (Å²) in [5.41, 5.74) is 8.22. The normalized spacial score (nSPS) is 12.1. The number of hydrogen-bond acceptors (Lipinski definition) is 6. The summed E-state index contributed by atoms with van der Waals surface area (Å²) in [4.78, 5) is 34.1. The molecule has 0 aliphatic carbocycles. The molecule has 10 heteroatoms. The van der Waals surface area contributed by atoms with Crippen LogP contribution in [0.1, 0.15) is 60.8 Å². The van der Waals surface area contributed by atoms with E-state index in [-0.39, 0.29) is 11.8 Å². The Morgan fingerprint density at radius 1 is 0.413 bits per heavy atom. The molecule has 8 rings (SSSR count). The highest BCUT2D eigenvalue weighted by atomic mass is 33.1. The van der Waals surface area contributed by atoms with Gasteiger partial charge in [-0.1, -0.05) is 70.1 Å². The van der Waals surface area contributed by atoms with Gasteiger partial charge in [-0.05, 0) is 74.2 Å². The fraction of sp³-hybridized carbons (Fsp3) is 0.222. The zero-order valence-corrected chi connectivity index (χ0v) is 26.9. The van der Waals surface area contributed by atoms with Crippen molar-refractivity contribution in [3.8, 4) is 0 Å². The Balaban J connectivity index is 0.893. The maximum atomic E-state index is 4.95. The monoisotopic (exact) mass is 642 g/mol. The van der Waals surface area contributed by atoms with E-state index in [1.54, 1.807) is 0 Å². The third-order valence-electron chi connectivity index (χ3n) is 8.48. The maximum Gasteiger partial charge on any atom is 0.117 e. The first-order valence-corrected chi connectivity index (χ1v) is 18.3. The molecule has 4 N–H and O–H groups in total. The summed E-state index contributed by atoms with van der Waals surface area (Å²) in [7, 11) is 3.91. The number of H-pyrrole nitrogens is 4. The Labute approximate surface area is 274 Å². The first kappa shape index (κ1) is 28.9. The van der Waals surface area contributed by atoms with Gasteiger partial charge in [-0.15, -0.1) is 0 Å². The number of aromatic amines is 4. The summed E-state index contributed by atoms with van der Waals surface area (Å²) in [5.74, 6) is 6.19. The molecule has 4 aromatic heterocycles. The molecule has 0 atom stereocenters. The lowest BCUT2D eigenvalue weighted by Gasteiger charge is -2.13. The van der Waals surface area contributed by atoms with Gasteiger partial charge in [-0.2, -0.15) is 0 Å². The second kappa shape index (κ2) is 13.1. The van der Waals surface area contributed by atoms with Crippen LogP contribution < -0.4 is 0 Å². The molecule has 0 saturated heterocycles. The number of nitrogens with zero attached hydrogens (tertiary/aromatic N) is 4. The summed E-state index contributed by atoms with van der Waals surface area (Å²) in [6.07, 6.45) is 4.06. The topological polar surface area (TPSA) is 115 Å². The predicted molar refractivity (Wildman–Crippen MR) is 191 cm³/mol. The van der Waals surface area contributed by atoms with E-state index in [0.717, 1.165) is 105 Å². The Morgan fingerprint density at radius 3 is 0.978 bits per heavy atom. The molecule has 4 heterocycles. The zero-order chi connectivity index (χ0) is 30.7. The van der Waals surface area contributed by atoms with Crippen molar-refractivity contribution in [2.75, 3.05) is 11.5 Å². The number of aromatic nitrogens is 8. The lowest BCUT2D eigenvalue weighted by Crippen LogP contribution is -2.06. The fourth-order valence-corrected chi connectivity index (χ4v) is 8.39. The summed E-state index contributed by atoms with van der Waals surface area (Å²) >= 11 is 0. The highest BCUT2D eigenvalue weighted by Crippen LogP contribution is 2.33. The van der Waals surface area contributed by atoms with Crippen molar-refractivity contribution in [2.24, 2.45) is 0 Å². The second-order valence-corrected chi connectivity index (χ2v) is 14.3. The molecule has 0 aliphatic heterocycles. The number of rotatable bonds is 13. The van der Waals surface area contributed by atoms with Gasteiger partial charge in [0.15, 0.2) is 0 Å². The number of imidazole rings is 4. The number of fused-ring (bicyclic) bond motifs is 4. The standard InChI is InChI=1S/C36H34N8S2/c1-2-14-26-25(13-1)37-33(38-26)23(34-39-27-15-3-4-16-28(27)40-34)11-9-21-45-46-22-10-12-24(35-41-29-17-5-6-18-30(29)42-35)36-43-31-19-7-8-20-32(31)44-36/h1-8,13-20,23-24H,9-12,21-22H2,(H,37,38)(H,39,40)(H,41,42)(H,43,44). The van der Waals surface area contributed by atoms with Gasteiger partial charge in [0.05, 0.1) is 56.0 Å². The predicted octanol–water partition coefficient (Wildman–Crippen LogP) is 9.10. The van der Waals surface area contributed by atoms with Gasteiger partial charge >= 0.3 is 0 Å². The van der Waals surface area contributed by atoms with E-state index in [1.807, 2.05) is 70.1 Å². The molecule has 0 saturated carbocycles. The molecule has 4 aromatic carbocycles. The van der Waals surface area contributed by atoms with E-state index in [9.17, 15) is 0 Å². The third kappa shape index (κ3) is 6.02. The fourth-order valence-electron chi connectivity index (χ4n) is 6.17. The molecule has 230 valence electrons. The van der Waals surface area contributed by atoms with E-state index in [4.69, 9.17) is 19.9 Å². The first-order valence-electron chi connectivity index (χ1n) is 15.8. The maximum absolute atomic E-state index is 4.95. The smallest absolute Gasteiger partial charge is 0.117 e. The molecule has 46 heavy (non-hydrogen) atoms. The lowest BCUT2D eigenvalue weighted by molar-refractivity contribution is 0.644. The quantitative estimate of drug-likeness (QED) is 0.0737. The molecule has 0 amide bonds. The van der Waals surface area contributed by atoms with Crippen LogP contribution in [0.5, 0.6) is 0 Å². The number of hydrogen-bond donors (Lipinski definition) is 4. The van der Waals surface area contributed by atoms with E-state index >= 15 is 0 Å². The molecule has 0 radical (unpaired) electrons. The molecule has 0 fully saturated rings. The Morgan fingerprint density at radius 2 is 0.696 bits per heavy atom. The van der Waals surface area contributed by atoms with Gasteiger partial charge < -0.3 is 19.9 Å². The number of benzene rings is 4. The van der Waals surface area contributed by atoms with Gasteiger partial charge in [-0.25, -0.2) is 19.9 Å². The van der Waals surface area contributed by atoms with Gasteiger partial charge in [0, 0.05) is 11.5 Å². The summed E-state index contributed by atoms with van der Waals surface area (Å²) in [6.45, 7) is 0. The molecule has 0 unspecified atom stereocenters. The van der Waals surface area contributed by atoms with E-state index in [0.29, 0.717) is 0 Å². The van der Waals surface area contributed by atoms with Crippen LogP contribution in [-0.2, 0) is 0 Å². The van der Waals surface area contributed by atoms with E-state index in [2.05, 4.69) is 68.5 Å². The highest BCUT2D eigenvalue weighted by Gasteiger charge is 2.23. The summed E-state index contributed by atoms with van der Waals surface area (Å²) in [6, 6.07) is 32.9. The summed E-state index contributed by atoms with van der Waals surface area (Å²) in [5, 5.41) is 0. The van der Waals surface area contributed by atoms with Crippen molar-refractivity contribution in [2.45, 2.75) is 37.5 Å². The third-order valence-corrected chi connectivity index (χ3v) is 11.1. The van der Waals surface area contributed by atoms with Crippen molar-refractivity contribution >= 4 is 65.7 Å². The molecular formula is C36H34N8S2. The highest BCUT2D eigenvalue weighted by molar-refractivity contribution is 8.76. The minimum absolute atomic E-state index is 0.0822. The van der Waals surface area contributed by atoms with Crippen LogP contribution in [0.2, 0.25) is 0 Å². The summed E-state index contributed by atoms with van der Waals surface area (Å²) < 4.78 is 0. The minimum Gasteiger partial charge on any atom is -0.341 e. The van der Waals surface area contributed by atoms with Crippen LogP contribution in [0.15, 0.2) is 97.1 Å². The minimum atomic E-state index is 0.0822. The Hall–Kier alpha value is -4.54. The van der Waals surface area contributed by atoms with Crippen LogP contribution in [-0.4, -0.2) is 51.4 Å². The van der Waals surface area contributed by atoms with Crippen LogP contribution in [0, 0.1) is 0 Å². The van der Waals surface area contributed by atoms with Crippen LogP contribution in [0.25, 0.3) is 44.1 Å². The van der Waals surface area contributed by atoms with Gasteiger partial charge in [-0.3, -0.25) is 0 Å². The van der Waals surface area contributed by atoms with Crippen molar-refractivity contribution in [3.05, 3.63) is 120 Å². The van der Waals surface area contributed by atoms with Crippen molar-refractivity contribution in [3.63, 3.8) is 0 Å². The van der Waals surface area contributed by atoms with Crippen LogP contribution >= 0.6 is 21.6 Å². The lowest BCUT2D eigenvalue weighted by atomic mass is 10.0. The SMILES string of the molecule is c1ccc2[nH]c(C(CCCSSCCCC(c3nc4ccccc4[nH]3)c3nc4ccccc4[nH]3)c3nc4ccccc4[nH]3)nc2c1. The van der Waals surface area contributed by atoms with Crippen molar-refractivity contribution < 1.29 is 0 Å². The average molecular weight is 643 g/mol. The van der Waals surface area contributed by atoms with Crippen molar-refractivity contribution in [1.29, 1.82) is 0 Å². The zero-order valence-electron chi connectivity index (χ0n) is 25.2. The van der Waals surface area contributed by atoms with Gasteiger partial charge in [0.25, 0.3) is 0 Å². The van der Waals surface area contributed by atoms with E-state index < -0.39 is 0 Å². The van der Waals surface area contributed by atoms with Gasteiger partial charge in [0.2, 0.25) is 0 Å². The Kier molecular flexibility index (Phi) is 8.20. The molecule has 8 nitrogen and oxygen atoms in total. The average Bonchev–Trinajstić information content (AvgIpc) is 3.89. The largest absolute Gasteiger partial charge is 0.341 e. The number of nitrogens with one attached hydrogen (secondary N) is 4. The van der Waals surface area contributed by atoms with Crippen LogP contribution in [0.3, 0.4) is 0 Å². The van der Waals surface area contributed by atoms with Crippen molar-refractivity contribution in [1.82, 2.24) is 39.9 Å². The molecule has 0 aliphatic rings. The van der Waals surface area contributed by atoms with Gasteiger partial charge in [0.1, 0.15) is 23.3 Å². The van der Waals surface area contributed by atoms with E-state index in [1.165, 1.54) is 0 Å². The number of para-hydroxylation sites is 8. The molecule has 0 bridgehead atoms. The molecular weight excluding hydrogens is 609 g/mol. The second-order valence-electron chi connectivity index (χ2n) is 11.6.